The Morgan fingerprint density at radius 1 is 1.56 bits per heavy atom. The second kappa shape index (κ2) is 6.37. The highest BCUT2D eigenvalue weighted by atomic mass is 79.9. The standard InChI is InChI=1S/C11H15BrN2O2/c1-2-6-14-10(15)7-16-11-8(12)4-3-5-9(11)13/h3-5H,2,6-7,13H2,1H3,(H,14,15). The lowest BCUT2D eigenvalue weighted by molar-refractivity contribution is -0.123. The van der Waals surface area contributed by atoms with E-state index in [1.165, 1.54) is 0 Å². The van der Waals surface area contributed by atoms with Crippen molar-refractivity contribution in [3.63, 3.8) is 0 Å². The Hall–Kier alpha value is -1.23. The second-order valence-electron chi connectivity index (χ2n) is 3.30. The van der Waals surface area contributed by atoms with Crippen LogP contribution in [0.25, 0.3) is 0 Å². The summed E-state index contributed by atoms with van der Waals surface area (Å²) in [5.74, 6) is 0.367. The quantitative estimate of drug-likeness (QED) is 0.813. The molecule has 0 saturated heterocycles. The number of hydrogen-bond acceptors (Lipinski definition) is 3. The van der Waals surface area contributed by atoms with E-state index < -0.39 is 0 Å². The minimum atomic E-state index is -0.142. The molecule has 0 aliphatic rings. The Morgan fingerprint density at radius 2 is 2.31 bits per heavy atom. The number of nitrogens with one attached hydrogen (secondary N) is 1. The van der Waals surface area contributed by atoms with Gasteiger partial charge in [0, 0.05) is 6.54 Å². The van der Waals surface area contributed by atoms with E-state index in [-0.39, 0.29) is 12.5 Å². The van der Waals surface area contributed by atoms with Gasteiger partial charge in [-0.15, -0.1) is 0 Å². The van der Waals surface area contributed by atoms with Crippen LogP contribution in [-0.4, -0.2) is 19.1 Å². The number of carbonyl (C=O) groups is 1. The number of nitrogen functional groups attached to an aromatic ring is 1. The van der Waals surface area contributed by atoms with Crippen LogP contribution in [0.5, 0.6) is 5.75 Å². The van der Waals surface area contributed by atoms with Gasteiger partial charge in [-0.3, -0.25) is 4.79 Å². The molecule has 1 aromatic carbocycles. The first-order chi connectivity index (χ1) is 7.65. The van der Waals surface area contributed by atoms with Crippen LogP contribution in [0, 0.1) is 0 Å². The number of anilines is 1. The van der Waals surface area contributed by atoms with Gasteiger partial charge in [-0.25, -0.2) is 0 Å². The predicted octanol–water partition coefficient (Wildman–Crippen LogP) is 1.94. The molecule has 0 bridgehead atoms. The first-order valence-electron chi connectivity index (χ1n) is 5.08. The number of carbonyl (C=O) groups excluding carboxylic acids is 1. The second-order valence-corrected chi connectivity index (χ2v) is 4.15. The van der Waals surface area contributed by atoms with E-state index in [1.54, 1.807) is 6.07 Å². The van der Waals surface area contributed by atoms with Crippen molar-refractivity contribution < 1.29 is 9.53 Å². The maximum Gasteiger partial charge on any atom is 0.257 e. The molecule has 1 rings (SSSR count). The highest BCUT2D eigenvalue weighted by Crippen LogP contribution is 2.30. The van der Waals surface area contributed by atoms with E-state index in [4.69, 9.17) is 10.5 Å². The summed E-state index contributed by atoms with van der Waals surface area (Å²) in [5, 5.41) is 2.72. The molecule has 88 valence electrons. The number of halogens is 1. The van der Waals surface area contributed by atoms with Crippen LogP contribution in [-0.2, 0) is 4.79 Å². The first-order valence-corrected chi connectivity index (χ1v) is 5.88. The lowest BCUT2D eigenvalue weighted by atomic mass is 10.3. The van der Waals surface area contributed by atoms with Crippen LogP contribution in [0.4, 0.5) is 5.69 Å². The van der Waals surface area contributed by atoms with E-state index >= 15 is 0 Å². The number of benzene rings is 1. The van der Waals surface area contributed by atoms with Crippen molar-refractivity contribution >= 4 is 27.5 Å². The minimum Gasteiger partial charge on any atom is -0.480 e. The third-order valence-corrected chi connectivity index (χ3v) is 2.54. The van der Waals surface area contributed by atoms with Crippen molar-refractivity contribution in [1.82, 2.24) is 5.32 Å². The molecule has 3 N–H and O–H groups in total. The fourth-order valence-electron chi connectivity index (χ4n) is 1.13. The smallest absolute Gasteiger partial charge is 0.257 e. The van der Waals surface area contributed by atoms with Crippen LogP contribution in [0.1, 0.15) is 13.3 Å². The molecule has 0 aromatic heterocycles. The fraction of sp³-hybridized carbons (Fsp3) is 0.364. The number of hydrogen-bond donors (Lipinski definition) is 2. The van der Waals surface area contributed by atoms with Gasteiger partial charge in [0.25, 0.3) is 5.91 Å². The highest BCUT2D eigenvalue weighted by molar-refractivity contribution is 9.10. The Kier molecular flexibility index (Phi) is 5.11. The van der Waals surface area contributed by atoms with Crippen molar-refractivity contribution in [2.24, 2.45) is 0 Å². The maximum atomic E-state index is 11.3. The summed E-state index contributed by atoms with van der Waals surface area (Å²) in [7, 11) is 0. The van der Waals surface area contributed by atoms with Gasteiger partial charge in [-0.2, -0.15) is 0 Å². The molecule has 0 atom stereocenters. The van der Waals surface area contributed by atoms with E-state index in [0.717, 1.165) is 10.9 Å². The van der Waals surface area contributed by atoms with Crippen molar-refractivity contribution in [2.75, 3.05) is 18.9 Å². The molecule has 0 radical (unpaired) electrons. The van der Waals surface area contributed by atoms with Gasteiger partial charge in [-0.05, 0) is 34.5 Å². The Bertz CT molecular complexity index is 349. The number of amides is 1. The van der Waals surface area contributed by atoms with E-state index in [0.29, 0.717) is 18.0 Å². The molecule has 4 nitrogen and oxygen atoms in total. The van der Waals surface area contributed by atoms with Gasteiger partial charge in [0.05, 0.1) is 10.2 Å². The van der Waals surface area contributed by atoms with Crippen molar-refractivity contribution in [3.05, 3.63) is 22.7 Å². The van der Waals surface area contributed by atoms with E-state index in [1.807, 2.05) is 19.1 Å². The lowest BCUT2D eigenvalue weighted by Gasteiger charge is -2.10. The molecule has 5 heteroatoms. The molecule has 1 aromatic rings. The molecule has 0 heterocycles. The van der Waals surface area contributed by atoms with Crippen LogP contribution < -0.4 is 15.8 Å². The zero-order valence-corrected chi connectivity index (χ0v) is 10.7. The van der Waals surface area contributed by atoms with Gasteiger partial charge >= 0.3 is 0 Å². The van der Waals surface area contributed by atoms with Gasteiger partial charge in [0.15, 0.2) is 12.4 Å². The van der Waals surface area contributed by atoms with Gasteiger partial charge < -0.3 is 15.8 Å². The van der Waals surface area contributed by atoms with Gasteiger partial charge in [0.2, 0.25) is 0 Å². The molecule has 0 fully saturated rings. The summed E-state index contributed by atoms with van der Waals surface area (Å²) in [6, 6.07) is 5.35. The number of ether oxygens (including phenoxy) is 1. The van der Waals surface area contributed by atoms with Crippen LogP contribution in [0.15, 0.2) is 22.7 Å². The summed E-state index contributed by atoms with van der Waals surface area (Å²) >= 11 is 3.31. The van der Waals surface area contributed by atoms with E-state index in [2.05, 4.69) is 21.2 Å². The molecular weight excluding hydrogens is 272 g/mol. The van der Waals surface area contributed by atoms with Crippen LogP contribution in [0.2, 0.25) is 0 Å². The molecular formula is C11H15BrN2O2. The average Bonchev–Trinajstić information content (AvgIpc) is 2.25. The van der Waals surface area contributed by atoms with E-state index in [9.17, 15) is 4.79 Å². The summed E-state index contributed by atoms with van der Waals surface area (Å²) in [4.78, 5) is 11.3. The molecule has 0 aliphatic carbocycles. The highest BCUT2D eigenvalue weighted by Gasteiger charge is 2.07. The lowest BCUT2D eigenvalue weighted by Crippen LogP contribution is -2.29. The van der Waals surface area contributed by atoms with Crippen molar-refractivity contribution in [2.45, 2.75) is 13.3 Å². The molecule has 1 amide bonds. The topological polar surface area (TPSA) is 64.3 Å². The zero-order chi connectivity index (χ0) is 12.0. The fourth-order valence-corrected chi connectivity index (χ4v) is 1.63. The largest absolute Gasteiger partial charge is 0.480 e. The molecule has 0 spiro atoms. The maximum absolute atomic E-state index is 11.3. The minimum absolute atomic E-state index is 0.0210. The van der Waals surface area contributed by atoms with Crippen LogP contribution >= 0.6 is 15.9 Å². The number of nitrogens with two attached hydrogens (primary N) is 1. The number of para-hydroxylation sites is 1. The summed E-state index contributed by atoms with van der Waals surface area (Å²) in [6.07, 6.45) is 0.906. The molecule has 0 unspecified atom stereocenters. The van der Waals surface area contributed by atoms with Gasteiger partial charge in [0.1, 0.15) is 0 Å². The molecule has 0 saturated carbocycles. The van der Waals surface area contributed by atoms with Crippen LogP contribution in [0.3, 0.4) is 0 Å². The third-order valence-electron chi connectivity index (χ3n) is 1.92. The first kappa shape index (κ1) is 12.8. The summed E-state index contributed by atoms with van der Waals surface area (Å²) in [5.41, 5.74) is 6.23. The Labute approximate surface area is 103 Å². The van der Waals surface area contributed by atoms with Crippen molar-refractivity contribution in [3.8, 4) is 5.75 Å². The monoisotopic (exact) mass is 286 g/mol. The molecule has 16 heavy (non-hydrogen) atoms. The van der Waals surface area contributed by atoms with Crippen molar-refractivity contribution in [1.29, 1.82) is 0 Å². The zero-order valence-electron chi connectivity index (χ0n) is 9.13. The Morgan fingerprint density at radius 3 is 2.94 bits per heavy atom. The predicted molar refractivity (Wildman–Crippen MR) is 67.4 cm³/mol. The number of rotatable bonds is 5. The summed E-state index contributed by atoms with van der Waals surface area (Å²) in [6.45, 7) is 2.63. The normalized spacial score (nSPS) is 9.88. The average molecular weight is 287 g/mol. The third kappa shape index (κ3) is 3.73. The van der Waals surface area contributed by atoms with Gasteiger partial charge in [-0.1, -0.05) is 13.0 Å². The summed E-state index contributed by atoms with van der Waals surface area (Å²) < 4.78 is 6.09. The SMILES string of the molecule is CCCNC(=O)COc1c(N)cccc1Br. The molecule has 0 aliphatic heterocycles. The Balaban J connectivity index is 2.51.